The van der Waals surface area contributed by atoms with Gasteiger partial charge in [-0.05, 0) is 47.5 Å². The van der Waals surface area contributed by atoms with Gasteiger partial charge in [0.25, 0.3) is 0 Å². The van der Waals surface area contributed by atoms with E-state index in [-0.39, 0.29) is 11.9 Å². The molecule has 0 radical (unpaired) electrons. The van der Waals surface area contributed by atoms with Crippen molar-refractivity contribution in [3.8, 4) is 0 Å². The van der Waals surface area contributed by atoms with Crippen LogP contribution in [0.2, 0.25) is 5.02 Å². The van der Waals surface area contributed by atoms with Gasteiger partial charge in [0, 0.05) is 10.5 Å². The van der Waals surface area contributed by atoms with Gasteiger partial charge >= 0.3 is 0 Å². The van der Waals surface area contributed by atoms with Crippen molar-refractivity contribution in [2.45, 2.75) is 19.9 Å². The van der Waals surface area contributed by atoms with E-state index in [9.17, 15) is 4.39 Å². The van der Waals surface area contributed by atoms with Crippen LogP contribution in [0.25, 0.3) is 0 Å². The Balaban J connectivity index is 2.24. The summed E-state index contributed by atoms with van der Waals surface area (Å²) in [4.78, 5) is 0. The lowest BCUT2D eigenvalue weighted by molar-refractivity contribution is 0.627. The SMILES string of the molecule is Cc1ccc(C(C)Nc2c(Cl)cc(F)cc2Br)cc1. The van der Waals surface area contributed by atoms with Gasteiger partial charge in [-0.3, -0.25) is 0 Å². The molecule has 1 nitrogen and oxygen atoms in total. The molecule has 0 fully saturated rings. The number of benzene rings is 2. The van der Waals surface area contributed by atoms with Crippen molar-refractivity contribution in [3.05, 3.63) is 62.8 Å². The average Bonchev–Trinajstić information content (AvgIpc) is 2.34. The van der Waals surface area contributed by atoms with Crippen LogP contribution in [-0.4, -0.2) is 0 Å². The smallest absolute Gasteiger partial charge is 0.125 e. The van der Waals surface area contributed by atoms with Gasteiger partial charge in [-0.1, -0.05) is 41.4 Å². The predicted molar refractivity (Wildman–Crippen MR) is 82.3 cm³/mol. The van der Waals surface area contributed by atoms with Gasteiger partial charge in [-0.2, -0.15) is 0 Å². The molecule has 0 spiro atoms. The zero-order chi connectivity index (χ0) is 14.0. The maximum Gasteiger partial charge on any atom is 0.125 e. The Morgan fingerprint density at radius 2 is 1.84 bits per heavy atom. The highest BCUT2D eigenvalue weighted by Gasteiger charge is 2.12. The van der Waals surface area contributed by atoms with Gasteiger partial charge in [0.1, 0.15) is 5.82 Å². The molecule has 1 atom stereocenters. The molecule has 2 aromatic carbocycles. The van der Waals surface area contributed by atoms with Crippen LogP contribution in [0.3, 0.4) is 0 Å². The second kappa shape index (κ2) is 5.93. The van der Waals surface area contributed by atoms with Gasteiger partial charge in [0.05, 0.1) is 10.7 Å². The fourth-order valence-electron chi connectivity index (χ4n) is 1.84. The van der Waals surface area contributed by atoms with E-state index in [2.05, 4.69) is 52.4 Å². The van der Waals surface area contributed by atoms with E-state index in [1.54, 1.807) is 0 Å². The molecule has 0 saturated carbocycles. The van der Waals surface area contributed by atoms with Crippen molar-refractivity contribution < 1.29 is 4.39 Å². The molecule has 1 N–H and O–H groups in total. The Morgan fingerprint density at radius 1 is 1.21 bits per heavy atom. The number of halogens is 3. The lowest BCUT2D eigenvalue weighted by atomic mass is 10.1. The third-order valence-electron chi connectivity index (χ3n) is 2.95. The summed E-state index contributed by atoms with van der Waals surface area (Å²) in [5.74, 6) is -0.356. The minimum atomic E-state index is -0.356. The molecule has 2 aromatic rings. The summed E-state index contributed by atoms with van der Waals surface area (Å²) in [6.45, 7) is 4.09. The molecule has 2 rings (SSSR count). The number of rotatable bonds is 3. The Kier molecular flexibility index (Phi) is 4.48. The van der Waals surface area contributed by atoms with Crippen LogP contribution in [-0.2, 0) is 0 Å². The molecule has 0 heterocycles. The Morgan fingerprint density at radius 3 is 2.42 bits per heavy atom. The van der Waals surface area contributed by atoms with Crippen LogP contribution < -0.4 is 5.32 Å². The number of hydrogen-bond acceptors (Lipinski definition) is 1. The van der Waals surface area contributed by atoms with E-state index in [0.717, 1.165) is 5.56 Å². The van der Waals surface area contributed by atoms with Crippen LogP contribution in [0, 0.1) is 12.7 Å². The molecule has 0 aromatic heterocycles. The first-order valence-corrected chi connectivity index (χ1v) is 7.12. The lowest BCUT2D eigenvalue weighted by Crippen LogP contribution is -2.07. The summed E-state index contributed by atoms with van der Waals surface area (Å²) in [5, 5.41) is 3.66. The van der Waals surface area contributed by atoms with Crippen LogP contribution >= 0.6 is 27.5 Å². The van der Waals surface area contributed by atoms with E-state index < -0.39 is 0 Å². The molecule has 1 unspecified atom stereocenters. The monoisotopic (exact) mass is 341 g/mol. The minimum absolute atomic E-state index is 0.0832. The lowest BCUT2D eigenvalue weighted by Gasteiger charge is -2.18. The molecule has 0 aliphatic heterocycles. The van der Waals surface area contributed by atoms with Crippen molar-refractivity contribution >= 4 is 33.2 Å². The Bertz CT molecular complexity index is 560. The zero-order valence-corrected chi connectivity index (χ0v) is 13.0. The molecule has 100 valence electrons. The summed E-state index contributed by atoms with van der Waals surface area (Å²) in [6, 6.07) is 11.0. The van der Waals surface area contributed by atoms with Crippen LogP contribution in [0.5, 0.6) is 0 Å². The third-order valence-corrected chi connectivity index (χ3v) is 3.87. The number of anilines is 1. The molecule has 0 aliphatic carbocycles. The Labute approximate surface area is 125 Å². The molecule has 0 amide bonds. The van der Waals surface area contributed by atoms with Crippen molar-refractivity contribution in [2.75, 3.05) is 5.32 Å². The first-order valence-electron chi connectivity index (χ1n) is 5.95. The minimum Gasteiger partial charge on any atom is -0.376 e. The predicted octanol–water partition coefficient (Wildman–Crippen LogP) is 5.72. The normalized spacial score (nSPS) is 12.3. The van der Waals surface area contributed by atoms with E-state index in [1.165, 1.54) is 17.7 Å². The van der Waals surface area contributed by atoms with E-state index in [0.29, 0.717) is 15.2 Å². The van der Waals surface area contributed by atoms with E-state index in [4.69, 9.17) is 11.6 Å². The quantitative estimate of drug-likeness (QED) is 0.752. The fraction of sp³-hybridized carbons (Fsp3) is 0.200. The van der Waals surface area contributed by atoms with Crippen molar-refractivity contribution in [2.24, 2.45) is 0 Å². The average molecular weight is 343 g/mol. The van der Waals surface area contributed by atoms with Crippen molar-refractivity contribution in [3.63, 3.8) is 0 Å². The van der Waals surface area contributed by atoms with Crippen molar-refractivity contribution in [1.82, 2.24) is 0 Å². The molecule has 0 bridgehead atoms. The highest BCUT2D eigenvalue weighted by molar-refractivity contribution is 9.10. The highest BCUT2D eigenvalue weighted by atomic mass is 79.9. The second-order valence-electron chi connectivity index (χ2n) is 4.52. The summed E-state index contributed by atoms with van der Waals surface area (Å²) < 4.78 is 13.8. The summed E-state index contributed by atoms with van der Waals surface area (Å²) in [5.41, 5.74) is 3.07. The van der Waals surface area contributed by atoms with Gasteiger partial charge in [0.2, 0.25) is 0 Å². The standard InChI is InChI=1S/C15H14BrClFN/c1-9-3-5-11(6-4-9)10(2)19-15-13(16)7-12(18)8-14(15)17/h3-8,10,19H,1-2H3. The fourth-order valence-corrected chi connectivity index (χ4v) is 2.76. The Hall–Kier alpha value is -1.06. The second-order valence-corrected chi connectivity index (χ2v) is 5.78. The van der Waals surface area contributed by atoms with E-state index >= 15 is 0 Å². The summed E-state index contributed by atoms with van der Waals surface area (Å²) in [6.07, 6.45) is 0. The molecule has 4 heteroatoms. The summed E-state index contributed by atoms with van der Waals surface area (Å²) in [7, 11) is 0. The van der Waals surface area contributed by atoms with Crippen LogP contribution in [0.4, 0.5) is 10.1 Å². The summed E-state index contributed by atoms with van der Waals surface area (Å²) >= 11 is 9.38. The molecule has 19 heavy (non-hydrogen) atoms. The highest BCUT2D eigenvalue weighted by Crippen LogP contribution is 2.34. The maximum atomic E-state index is 13.2. The number of hydrogen-bond donors (Lipinski definition) is 1. The third kappa shape index (κ3) is 3.48. The first-order chi connectivity index (χ1) is 8.97. The van der Waals surface area contributed by atoms with Gasteiger partial charge in [-0.25, -0.2) is 4.39 Å². The van der Waals surface area contributed by atoms with Crippen LogP contribution in [0.15, 0.2) is 40.9 Å². The van der Waals surface area contributed by atoms with Gasteiger partial charge < -0.3 is 5.32 Å². The van der Waals surface area contributed by atoms with Crippen LogP contribution in [0.1, 0.15) is 24.1 Å². The zero-order valence-electron chi connectivity index (χ0n) is 10.7. The van der Waals surface area contributed by atoms with Gasteiger partial charge in [-0.15, -0.1) is 0 Å². The molecular weight excluding hydrogens is 329 g/mol. The topological polar surface area (TPSA) is 12.0 Å². The molecule has 0 aliphatic rings. The maximum absolute atomic E-state index is 13.2. The molecular formula is C15H14BrClFN. The molecule has 0 saturated heterocycles. The number of nitrogens with one attached hydrogen (secondary N) is 1. The largest absolute Gasteiger partial charge is 0.376 e. The first kappa shape index (κ1) is 14.4. The van der Waals surface area contributed by atoms with Gasteiger partial charge in [0.15, 0.2) is 0 Å². The van der Waals surface area contributed by atoms with Crippen molar-refractivity contribution in [1.29, 1.82) is 0 Å². The number of aryl methyl sites for hydroxylation is 1. The van der Waals surface area contributed by atoms with E-state index in [1.807, 2.05) is 6.92 Å².